The van der Waals surface area contributed by atoms with Crippen LogP contribution in [0, 0.1) is 25.7 Å². The zero-order valence-corrected chi connectivity index (χ0v) is 9.31. The average molecular weight is 212 g/mol. The lowest BCUT2D eigenvalue weighted by Crippen LogP contribution is -1.97. The summed E-state index contributed by atoms with van der Waals surface area (Å²) in [4.78, 5) is 8.48. The SMILES string of the molecule is Cc1cc(C)nc(C#CCn2cccn2)n1. The van der Waals surface area contributed by atoms with Crippen molar-refractivity contribution in [2.45, 2.75) is 20.4 Å². The van der Waals surface area contributed by atoms with Gasteiger partial charge in [0.2, 0.25) is 5.82 Å². The molecule has 0 saturated heterocycles. The molecule has 2 aromatic rings. The molecule has 4 nitrogen and oxygen atoms in total. The molecule has 0 bridgehead atoms. The molecule has 0 unspecified atom stereocenters. The van der Waals surface area contributed by atoms with E-state index in [0.29, 0.717) is 12.4 Å². The van der Waals surface area contributed by atoms with Gasteiger partial charge in [-0.2, -0.15) is 5.10 Å². The van der Waals surface area contributed by atoms with Gasteiger partial charge in [0.25, 0.3) is 0 Å². The summed E-state index contributed by atoms with van der Waals surface area (Å²) in [7, 11) is 0. The fraction of sp³-hybridized carbons (Fsp3) is 0.250. The predicted octanol–water partition coefficient (Wildman–Crippen LogP) is 1.34. The second kappa shape index (κ2) is 4.58. The Bertz CT molecular complexity index is 512. The minimum atomic E-state index is 0.559. The van der Waals surface area contributed by atoms with Crippen LogP contribution in [0.25, 0.3) is 0 Å². The molecular weight excluding hydrogens is 200 g/mol. The molecule has 2 rings (SSSR count). The molecule has 0 aromatic carbocycles. The van der Waals surface area contributed by atoms with Crippen LogP contribution >= 0.6 is 0 Å². The van der Waals surface area contributed by atoms with Gasteiger partial charge in [0.15, 0.2) is 0 Å². The van der Waals surface area contributed by atoms with E-state index >= 15 is 0 Å². The molecule has 0 aliphatic carbocycles. The van der Waals surface area contributed by atoms with Crippen molar-refractivity contribution >= 4 is 0 Å². The lowest BCUT2D eigenvalue weighted by Gasteiger charge is -1.95. The largest absolute Gasteiger partial charge is 0.261 e. The third-order valence-corrected chi connectivity index (χ3v) is 1.98. The van der Waals surface area contributed by atoms with Crippen molar-refractivity contribution in [3.05, 3.63) is 41.7 Å². The monoisotopic (exact) mass is 212 g/mol. The minimum absolute atomic E-state index is 0.559. The van der Waals surface area contributed by atoms with Crippen LogP contribution < -0.4 is 0 Å². The highest BCUT2D eigenvalue weighted by molar-refractivity contribution is 5.23. The van der Waals surface area contributed by atoms with Crippen LogP contribution in [-0.4, -0.2) is 19.7 Å². The van der Waals surface area contributed by atoms with Crippen LogP contribution in [-0.2, 0) is 6.54 Å². The molecule has 2 aromatic heterocycles. The van der Waals surface area contributed by atoms with E-state index in [2.05, 4.69) is 26.9 Å². The average Bonchev–Trinajstić information content (AvgIpc) is 2.69. The van der Waals surface area contributed by atoms with Gasteiger partial charge in [-0.05, 0) is 31.9 Å². The summed E-state index contributed by atoms with van der Waals surface area (Å²) in [6.45, 7) is 4.43. The van der Waals surface area contributed by atoms with Gasteiger partial charge in [0.1, 0.15) is 6.54 Å². The lowest BCUT2D eigenvalue weighted by molar-refractivity contribution is 0.715. The molecule has 0 amide bonds. The molecule has 0 aliphatic heterocycles. The van der Waals surface area contributed by atoms with Gasteiger partial charge in [-0.3, -0.25) is 4.68 Å². The van der Waals surface area contributed by atoms with Crippen molar-refractivity contribution < 1.29 is 0 Å². The predicted molar refractivity (Wildman–Crippen MR) is 60.6 cm³/mol. The molecule has 0 N–H and O–H groups in total. The van der Waals surface area contributed by atoms with Crippen molar-refractivity contribution in [1.82, 2.24) is 19.7 Å². The maximum Gasteiger partial charge on any atom is 0.205 e. The first-order valence-corrected chi connectivity index (χ1v) is 5.02. The number of aromatic nitrogens is 4. The van der Waals surface area contributed by atoms with Gasteiger partial charge in [-0.1, -0.05) is 5.92 Å². The van der Waals surface area contributed by atoms with E-state index in [-0.39, 0.29) is 0 Å². The maximum atomic E-state index is 4.24. The highest BCUT2D eigenvalue weighted by atomic mass is 15.3. The van der Waals surface area contributed by atoms with E-state index in [4.69, 9.17) is 0 Å². The Balaban J connectivity index is 2.12. The van der Waals surface area contributed by atoms with Crippen LogP contribution in [0.3, 0.4) is 0 Å². The Kier molecular flexibility index (Phi) is 2.97. The zero-order chi connectivity index (χ0) is 11.4. The fourth-order valence-corrected chi connectivity index (χ4v) is 1.38. The summed E-state index contributed by atoms with van der Waals surface area (Å²) in [5.74, 6) is 6.49. The van der Waals surface area contributed by atoms with E-state index in [1.165, 1.54) is 0 Å². The molecule has 0 aliphatic rings. The molecule has 0 atom stereocenters. The molecule has 0 radical (unpaired) electrons. The van der Waals surface area contributed by atoms with E-state index in [1.807, 2.05) is 32.2 Å². The molecule has 0 fully saturated rings. The normalized spacial score (nSPS) is 9.62. The van der Waals surface area contributed by atoms with E-state index in [1.54, 1.807) is 10.9 Å². The number of aryl methyl sites for hydroxylation is 2. The van der Waals surface area contributed by atoms with Crippen molar-refractivity contribution in [2.24, 2.45) is 0 Å². The third-order valence-electron chi connectivity index (χ3n) is 1.98. The molecule has 16 heavy (non-hydrogen) atoms. The lowest BCUT2D eigenvalue weighted by atomic mass is 10.3. The van der Waals surface area contributed by atoms with Gasteiger partial charge < -0.3 is 0 Å². The fourth-order valence-electron chi connectivity index (χ4n) is 1.38. The third kappa shape index (κ3) is 2.67. The maximum absolute atomic E-state index is 4.24. The van der Waals surface area contributed by atoms with Crippen molar-refractivity contribution in [1.29, 1.82) is 0 Å². The molecule has 80 valence electrons. The van der Waals surface area contributed by atoms with Gasteiger partial charge in [-0.25, -0.2) is 9.97 Å². The van der Waals surface area contributed by atoms with Crippen LogP contribution in [0.2, 0.25) is 0 Å². The standard InChI is InChI=1S/C12H12N4/c1-10-9-11(2)15-12(14-10)5-3-7-16-8-4-6-13-16/h4,6,8-9H,7H2,1-2H3. The van der Waals surface area contributed by atoms with E-state index in [0.717, 1.165) is 11.4 Å². The summed E-state index contributed by atoms with van der Waals surface area (Å²) < 4.78 is 1.76. The second-order valence-corrected chi connectivity index (χ2v) is 3.48. The smallest absolute Gasteiger partial charge is 0.205 e. The highest BCUT2D eigenvalue weighted by Gasteiger charge is 1.94. The van der Waals surface area contributed by atoms with Crippen LogP contribution in [0.15, 0.2) is 24.5 Å². The topological polar surface area (TPSA) is 43.6 Å². The summed E-state index contributed by atoms with van der Waals surface area (Å²) in [6, 6.07) is 3.80. The Morgan fingerprint density at radius 2 is 2.00 bits per heavy atom. The zero-order valence-electron chi connectivity index (χ0n) is 9.31. The number of hydrogen-bond donors (Lipinski definition) is 0. The van der Waals surface area contributed by atoms with Crippen molar-refractivity contribution in [3.8, 4) is 11.8 Å². The first-order valence-electron chi connectivity index (χ1n) is 5.02. The summed E-state index contributed by atoms with van der Waals surface area (Å²) in [5, 5.41) is 4.06. The van der Waals surface area contributed by atoms with Crippen LogP contribution in [0.5, 0.6) is 0 Å². The summed E-state index contributed by atoms with van der Waals surface area (Å²) in [6.07, 6.45) is 3.60. The van der Waals surface area contributed by atoms with Gasteiger partial charge in [0.05, 0.1) is 0 Å². The molecule has 0 spiro atoms. The molecule has 0 saturated carbocycles. The van der Waals surface area contributed by atoms with Gasteiger partial charge in [0, 0.05) is 23.8 Å². The molecule has 4 heteroatoms. The number of rotatable bonds is 1. The van der Waals surface area contributed by atoms with E-state index < -0.39 is 0 Å². The van der Waals surface area contributed by atoms with Gasteiger partial charge >= 0.3 is 0 Å². The summed E-state index contributed by atoms with van der Waals surface area (Å²) >= 11 is 0. The van der Waals surface area contributed by atoms with Crippen molar-refractivity contribution in [3.63, 3.8) is 0 Å². The molecule has 2 heterocycles. The van der Waals surface area contributed by atoms with E-state index in [9.17, 15) is 0 Å². The Morgan fingerprint density at radius 3 is 2.62 bits per heavy atom. The molecular formula is C12H12N4. The van der Waals surface area contributed by atoms with Crippen LogP contribution in [0.1, 0.15) is 17.2 Å². The Labute approximate surface area is 94.4 Å². The Morgan fingerprint density at radius 1 is 1.25 bits per heavy atom. The van der Waals surface area contributed by atoms with Crippen LogP contribution in [0.4, 0.5) is 0 Å². The number of hydrogen-bond acceptors (Lipinski definition) is 3. The first-order chi connectivity index (χ1) is 7.74. The quantitative estimate of drug-likeness (QED) is 0.670. The summed E-state index contributed by atoms with van der Waals surface area (Å²) in [5.41, 5.74) is 1.88. The minimum Gasteiger partial charge on any atom is -0.261 e. The van der Waals surface area contributed by atoms with Crippen molar-refractivity contribution in [2.75, 3.05) is 0 Å². The highest BCUT2D eigenvalue weighted by Crippen LogP contribution is 1.97. The first kappa shape index (κ1) is 10.4. The van der Waals surface area contributed by atoms with Gasteiger partial charge in [-0.15, -0.1) is 0 Å². The second-order valence-electron chi connectivity index (χ2n) is 3.48. The number of nitrogens with zero attached hydrogens (tertiary/aromatic N) is 4. The Hall–Kier alpha value is -2.15.